The lowest BCUT2D eigenvalue weighted by Crippen LogP contribution is -2.53. The van der Waals surface area contributed by atoms with E-state index in [-0.39, 0.29) is 11.9 Å². The number of hydrogen-bond donors (Lipinski definition) is 1. The highest BCUT2D eigenvalue weighted by Gasteiger charge is 2.44. The highest BCUT2D eigenvalue weighted by molar-refractivity contribution is 5.86. The molecule has 0 aliphatic heterocycles. The second-order valence-electron chi connectivity index (χ2n) is 8.02. The molecule has 1 aliphatic rings. The molecule has 5 heteroatoms. The van der Waals surface area contributed by atoms with Crippen LogP contribution in [0.25, 0.3) is 0 Å². The Bertz CT molecular complexity index is 403. The molecule has 1 rings (SSSR count). The van der Waals surface area contributed by atoms with Crippen LogP contribution in [0.3, 0.4) is 0 Å². The van der Waals surface area contributed by atoms with Gasteiger partial charge >= 0.3 is 12.1 Å². The third-order valence-corrected chi connectivity index (χ3v) is 4.97. The van der Waals surface area contributed by atoms with Gasteiger partial charge in [-0.15, -0.1) is 0 Å². The Morgan fingerprint density at radius 3 is 2.08 bits per heavy atom. The number of rotatable bonds is 13. The number of esters is 1. The molecular formula is C21H39NO4. The van der Waals surface area contributed by atoms with Crippen LogP contribution in [0, 0.1) is 5.92 Å². The highest BCUT2D eigenvalue weighted by atomic mass is 16.6. The van der Waals surface area contributed by atoms with Gasteiger partial charge in [-0.05, 0) is 25.2 Å². The molecule has 0 aromatic rings. The SMILES string of the molecule is CCCCCCCCCCOC(=O)C1(NC(=O)OCC(C)C)CCCC1. The Balaban J connectivity index is 2.25. The smallest absolute Gasteiger partial charge is 0.408 e. The first-order valence-corrected chi connectivity index (χ1v) is 10.6. The van der Waals surface area contributed by atoms with Crippen molar-refractivity contribution in [3.8, 4) is 0 Å². The molecule has 26 heavy (non-hydrogen) atoms. The lowest BCUT2D eigenvalue weighted by atomic mass is 9.98. The fourth-order valence-electron chi connectivity index (χ4n) is 3.37. The highest BCUT2D eigenvalue weighted by Crippen LogP contribution is 2.31. The fraction of sp³-hybridized carbons (Fsp3) is 0.905. The predicted molar refractivity (Wildman–Crippen MR) is 104 cm³/mol. The average Bonchev–Trinajstić information content (AvgIpc) is 3.08. The van der Waals surface area contributed by atoms with Crippen molar-refractivity contribution in [3.05, 3.63) is 0 Å². The molecule has 0 heterocycles. The van der Waals surface area contributed by atoms with Gasteiger partial charge in [0.2, 0.25) is 0 Å². The van der Waals surface area contributed by atoms with E-state index in [4.69, 9.17) is 9.47 Å². The number of carbonyl (C=O) groups excluding carboxylic acids is 2. The van der Waals surface area contributed by atoms with Gasteiger partial charge in [0.15, 0.2) is 0 Å². The Morgan fingerprint density at radius 2 is 1.50 bits per heavy atom. The first kappa shape index (κ1) is 22.8. The number of ether oxygens (including phenoxy) is 2. The van der Waals surface area contributed by atoms with Crippen LogP contribution in [0.2, 0.25) is 0 Å². The Kier molecular flexibility index (Phi) is 11.4. The van der Waals surface area contributed by atoms with Crippen LogP contribution in [0.5, 0.6) is 0 Å². The number of hydrogen-bond acceptors (Lipinski definition) is 4. The van der Waals surface area contributed by atoms with E-state index in [9.17, 15) is 9.59 Å². The molecule has 1 saturated carbocycles. The van der Waals surface area contributed by atoms with E-state index in [1.165, 1.54) is 38.5 Å². The number of amides is 1. The second-order valence-corrected chi connectivity index (χ2v) is 8.02. The maximum Gasteiger partial charge on any atom is 0.408 e. The summed E-state index contributed by atoms with van der Waals surface area (Å²) in [6.45, 7) is 6.99. The Labute approximate surface area is 159 Å². The summed E-state index contributed by atoms with van der Waals surface area (Å²) >= 11 is 0. The quantitative estimate of drug-likeness (QED) is 0.350. The normalized spacial score (nSPS) is 15.8. The van der Waals surface area contributed by atoms with Crippen LogP contribution in [0.4, 0.5) is 4.79 Å². The van der Waals surface area contributed by atoms with Crippen molar-refractivity contribution in [1.29, 1.82) is 0 Å². The molecule has 0 aromatic carbocycles. The van der Waals surface area contributed by atoms with Crippen molar-refractivity contribution >= 4 is 12.1 Å². The van der Waals surface area contributed by atoms with Gasteiger partial charge in [-0.3, -0.25) is 0 Å². The molecule has 5 nitrogen and oxygen atoms in total. The van der Waals surface area contributed by atoms with Gasteiger partial charge in [0.05, 0.1) is 13.2 Å². The monoisotopic (exact) mass is 369 g/mol. The standard InChI is InChI=1S/C21H39NO4/c1-4-5-6-7-8-9-10-13-16-25-19(23)21(14-11-12-15-21)22-20(24)26-17-18(2)3/h18H,4-17H2,1-3H3,(H,22,24). The molecule has 0 saturated heterocycles. The lowest BCUT2D eigenvalue weighted by Gasteiger charge is -2.27. The van der Waals surface area contributed by atoms with Crippen molar-refractivity contribution < 1.29 is 19.1 Å². The van der Waals surface area contributed by atoms with Gasteiger partial charge in [-0.25, -0.2) is 9.59 Å². The molecule has 1 aliphatic carbocycles. The van der Waals surface area contributed by atoms with Crippen LogP contribution in [-0.4, -0.2) is 30.8 Å². The average molecular weight is 370 g/mol. The minimum absolute atomic E-state index is 0.272. The molecule has 0 spiro atoms. The summed E-state index contributed by atoms with van der Waals surface area (Å²) < 4.78 is 10.7. The van der Waals surface area contributed by atoms with Crippen molar-refractivity contribution in [2.75, 3.05) is 13.2 Å². The third kappa shape index (κ3) is 8.91. The predicted octanol–water partition coefficient (Wildman–Crippen LogP) is 5.37. The molecule has 1 amide bonds. The van der Waals surface area contributed by atoms with Gasteiger partial charge < -0.3 is 14.8 Å². The van der Waals surface area contributed by atoms with Gasteiger partial charge in [0.1, 0.15) is 5.54 Å². The Morgan fingerprint density at radius 1 is 0.923 bits per heavy atom. The molecule has 1 N–H and O–H groups in total. The molecule has 152 valence electrons. The van der Waals surface area contributed by atoms with Crippen molar-refractivity contribution in [1.82, 2.24) is 5.32 Å². The zero-order valence-corrected chi connectivity index (χ0v) is 17.1. The number of alkyl carbamates (subject to hydrolysis) is 1. The van der Waals surface area contributed by atoms with Crippen molar-refractivity contribution in [2.24, 2.45) is 5.92 Å². The van der Waals surface area contributed by atoms with Gasteiger partial charge in [0.25, 0.3) is 0 Å². The van der Waals surface area contributed by atoms with Crippen LogP contribution < -0.4 is 5.32 Å². The summed E-state index contributed by atoms with van der Waals surface area (Å²) in [6.07, 6.45) is 12.3. The largest absolute Gasteiger partial charge is 0.464 e. The van der Waals surface area contributed by atoms with E-state index in [0.29, 0.717) is 26.1 Å². The van der Waals surface area contributed by atoms with Crippen LogP contribution in [0.15, 0.2) is 0 Å². The maximum atomic E-state index is 12.6. The number of carbonyl (C=O) groups is 2. The minimum Gasteiger partial charge on any atom is -0.464 e. The van der Waals surface area contributed by atoms with E-state index in [2.05, 4.69) is 12.2 Å². The number of unbranched alkanes of at least 4 members (excludes halogenated alkanes) is 7. The first-order valence-electron chi connectivity index (χ1n) is 10.6. The van der Waals surface area contributed by atoms with Crippen LogP contribution in [-0.2, 0) is 14.3 Å². The second kappa shape index (κ2) is 13.0. The lowest BCUT2D eigenvalue weighted by molar-refractivity contribution is -0.151. The van der Waals surface area contributed by atoms with Gasteiger partial charge in [0, 0.05) is 0 Å². The maximum absolute atomic E-state index is 12.6. The molecule has 0 atom stereocenters. The summed E-state index contributed by atoms with van der Waals surface area (Å²) in [4.78, 5) is 24.6. The summed E-state index contributed by atoms with van der Waals surface area (Å²) in [7, 11) is 0. The van der Waals surface area contributed by atoms with E-state index >= 15 is 0 Å². The van der Waals surface area contributed by atoms with Gasteiger partial charge in [-0.1, -0.05) is 78.6 Å². The zero-order chi connectivity index (χ0) is 19.3. The summed E-state index contributed by atoms with van der Waals surface area (Å²) in [5, 5.41) is 2.79. The van der Waals surface area contributed by atoms with Crippen LogP contribution in [0.1, 0.15) is 97.8 Å². The van der Waals surface area contributed by atoms with E-state index in [0.717, 1.165) is 25.7 Å². The van der Waals surface area contributed by atoms with E-state index < -0.39 is 11.6 Å². The van der Waals surface area contributed by atoms with Crippen molar-refractivity contribution in [2.45, 2.75) is 103 Å². The topological polar surface area (TPSA) is 64.6 Å². The minimum atomic E-state index is -0.881. The molecule has 0 radical (unpaired) electrons. The molecular weight excluding hydrogens is 330 g/mol. The number of nitrogens with one attached hydrogen (secondary N) is 1. The summed E-state index contributed by atoms with van der Waals surface area (Å²) in [5.41, 5.74) is -0.881. The molecule has 0 unspecified atom stereocenters. The third-order valence-electron chi connectivity index (χ3n) is 4.97. The molecule has 1 fully saturated rings. The van der Waals surface area contributed by atoms with E-state index in [1.807, 2.05) is 13.8 Å². The Hall–Kier alpha value is -1.26. The van der Waals surface area contributed by atoms with E-state index in [1.54, 1.807) is 0 Å². The summed E-state index contributed by atoms with van der Waals surface area (Å²) in [6, 6.07) is 0. The molecule has 0 bridgehead atoms. The molecule has 0 aromatic heterocycles. The van der Waals surface area contributed by atoms with Crippen molar-refractivity contribution in [3.63, 3.8) is 0 Å². The first-order chi connectivity index (χ1) is 12.5. The zero-order valence-electron chi connectivity index (χ0n) is 17.1. The summed E-state index contributed by atoms with van der Waals surface area (Å²) in [5.74, 6) is -0.0198. The fourth-order valence-corrected chi connectivity index (χ4v) is 3.37. The van der Waals surface area contributed by atoms with Gasteiger partial charge in [-0.2, -0.15) is 0 Å². The van der Waals surface area contributed by atoms with Crippen LogP contribution >= 0.6 is 0 Å².